The van der Waals surface area contributed by atoms with E-state index in [1.807, 2.05) is 0 Å². The van der Waals surface area contributed by atoms with E-state index in [9.17, 15) is 14.3 Å². The Balaban J connectivity index is 2.49. The van der Waals surface area contributed by atoms with Gasteiger partial charge in [0.2, 0.25) is 0 Å². The highest BCUT2D eigenvalue weighted by Crippen LogP contribution is 2.30. The quantitative estimate of drug-likeness (QED) is 0.766. The van der Waals surface area contributed by atoms with Crippen molar-refractivity contribution in [2.45, 2.75) is 12.5 Å². The molecule has 0 spiro atoms. The summed E-state index contributed by atoms with van der Waals surface area (Å²) in [6.45, 7) is -0.173. The zero-order valence-electron chi connectivity index (χ0n) is 8.35. The molecule has 2 aromatic rings. The molecule has 1 N–H and O–H groups in total. The summed E-state index contributed by atoms with van der Waals surface area (Å²) in [5.41, 5.74) is 1.36. The molecule has 82 valence electrons. The highest BCUT2D eigenvalue weighted by molar-refractivity contribution is 5.80. The third kappa shape index (κ3) is 1.06. The van der Waals surface area contributed by atoms with Crippen molar-refractivity contribution in [1.29, 1.82) is 0 Å². The van der Waals surface area contributed by atoms with Crippen molar-refractivity contribution in [3.63, 3.8) is 0 Å². The van der Waals surface area contributed by atoms with Gasteiger partial charge in [-0.05, 0) is 6.07 Å². The topological polar surface area (TPSA) is 55.1 Å². The van der Waals surface area contributed by atoms with Crippen LogP contribution >= 0.6 is 0 Å². The molecule has 2 aromatic heterocycles. The first-order valence-corrected chi connectivity index (χ1v) is 5.02. The van der Waals surface area contributed by atoms with E-state index in [-0.39, 0.29) is 18.2 Å². The molecule has 0 aliphatic carbocycles. The SMILES string of the molecule is O=c1ccc2ncc(F)c3c2n1C(CO)C3. The van der Waals surface area contributed by atoms with Crippen molar-refractivity contribution in [2.75, 3.05) is 6.61 Å². The first-order chi connectivity index (χ1) is 7.72. The van der Waals surface area contributed by atoms with Crippen LogP contribution in [-0.2, 0) is 6.42 Å². The molecule has 0 amide bonds. The number of aliphatic hydroxyl groups excluding tert-OH is 1. The molecule has 5 heteroatoms. The Labute approximate surface area is 90.0 Å². The van der Waals surface area contributed by atoms with Crippen molar-refractivity contribution in [1.82, 2.24) is 9.55 Å². The Bertz CT molecular complexity index is 636. The second-order valence-electron chi connectivity index (χ2n) is 3.90. The maximum Gasteiger partial charge on any atom is 0.251 e. The average Bonchev–Trinajstić information content (AvgIpc) is 2.68. The van der Waals surface area contributed by atoms with Gasteiger partial charge in [0.05, 0.1) is 29.9 Å². The second kappa shape index (κ2) is 3.12. The van der Waals surface area contributed by atoms with Gasteiger partial charge in [0.1, 0.15) is 5.82 Å². The van der Waals surface area contributed by atoms with Gasteiger partial charge in [0, 0.05) is 18.1 Å². The molecule has 0 fully saturated rings. The molecule has 0 saturated heterocycles. The highest BCUT2D eigenvalue weighted by Gasteiger charge is 2.27. The minimum absolute atomic E-state index is 0.173. The summed E-state index contributed by atoms with van der Waals surface area (Å²) in [6, 6.07) is 2.60. The van der Waals surface area contributed by atoms with Crippen LogP contribution in [0.4, 0.5) is 4.39 Å². The smallest absolute Gasteiger partial charge is 0.251 e. The van der Waals surface area contributed by atoms with E-state index in [1.54, 1.807) is 6.07 Å². The van der Waals surface area contributed by atoms with Gasteiger partial charge >= 0.3 is 0 Å². The van der Waals surface area contributed by atoms with Crippen LogP contribution in [0.3, 0.4) is 0 Å². The van der Waals surface area contributed by atoms with Crippen molar-refractivity contribution >= 4 is 11.0 Å². The Hall–Kier alpha value is -1.75. The molecule has 0 bridgehead atoms. The normalized spacial score (nSPS) is 18.2. The molecule has 0 saturated carbocycles. The minimum Gasteiger partial charge on any atom is -0.394 e. The van der Waals surface area contributed by atoms with Crippen LogP contribution in [0.5, 0.6) is 0 Å². The van der Waals surface area contributed by atoms with Gasteiger partial charge in [-0.2, -0.15) is 0 Å². The lowest BCUT2D eigenvalue weighted by Gasteiger charge is -2.09. The Kier molecular flexibility index (Phi) is 1.85. The van der Waals surface area contributed by atoms with E-state index in [2.05, 4.69) is 4.98 Å². The van der Waals surface area contributed by atoms with Crippen molar-refractivity contribution in [2.24, 2.45) is 0 Å². The summed E-state index contributed by atoms with van der Waals surface area (Å²) in [7, 11) is 0. The first kappa shape index (κ1) is 9.47. The predicted molar refractivity (Wildman–Crippen MR) is 55.8 cm³/mol. The highest BCUT2D eigenvalue weighted by atomic mass is 19.1. The van der Waals surface area contributed by atoms with Crippen LogP contribution < -0.4 is 5.56 Å². The van der Waals surface area contributed by atoms with Crippen LogP contribution in [0.25, 0.3) is 11.0 Å². The number of aliphatic hydroxyl groups is 1. The van der Waals surface area contributed by atoms with Gasteiger partial charge in [-0.3, -0.25) is 9.78 Å². The van der Waals surface area contributed by atoms with E-state index in [0.717, 1.165) is 6.20 Å². The number of halogens is 1. The minimum atomic E-state index is -0.414. The number of hydrogen-bond donors (Lipinski definition) is 1. The van der Waals surface area contributed by atoms with Crippen LogP contribution in [0.2, 0.25) is 0 Å². The van der Waals surface area contributed by atoms with E-state index < -0.39 is 5.82 Å². The van der Waals surface area contributed by atoms with Gasteiger partial charge < -0.3 is 9.67 Å². The van der Waals surface area contributed by atoms with Crippen molar-refractivity contribution in [3.8, 4) is 0 Å². The molecule has 3 rings (SSSR count). The molecular weight excluding hydrogens is 211 g/mol. The fourth-order valence-corrected chi connectivity index (χ4v) is 2.29. The third-order valence-electron chi connectivity index (χ3n) is 3.01. The maximum atomic E-state index is 13.5. The molecule has 1 aliphatic rings. The Morgan fingerprint density at radius 2 is 2.38 bits per heavy atom. The summed E-state index contributed by atoms with van der Waals surface area (Å²) in [5, 5.41) is 9.20. The fraction of sp³-hybridized carbons (Fsp3) is 0.273. The molecule has 16 heavy (non-hydrogen) atoms. The van der Waals surface area contributed by atoms with Crippen molar-refractivity contribution < 1.29 is 9.50 Å². The van der Waals surface area contributed by atoms with Gasteiger partial charge in [-0.15, -0.1) is 0 Å². The van der Waals surface area contributed by atoms with Gasteiger partial charge in [-0.1, -0.05) is 0 Å². The molecule has 1 aliphatic heterocycles. The first-order valence-electron chi connectivity index (χ1n) is 5.02. The Morgan fingerprint density at radius 3 is 3.12 bits per heavy atom. The number of pyridine rings is 2. The van der Waals surface area contributed by atoms with E-state index >= 15 is 0 Å². The predicted octanol–water partition coefficient (Wildman–Crippen LogP) is 0.625. The standard InChI is InChI=1S/C11H9FN2O2/c12-8-4-13-9-1-2-10(16)14-6(5-15)3-7(8)11(9)14/h1-2,4,6,15H,3,5H2. The van der Waals surface area contributed by atoms with E-state index in [0.29, 0.717) is 23.0 Å². The summed E-state index contributed by atoms with van der Waals surface area (Å²) in [5.74, 6) is -0.414. The molecule has 4 nitrogen and oxygen atoms in total. The number of aromatic nitrogens is 2. The van der Waals surface area contributed by atoms with Gasteiger partial charge in [-0.25, -0.2) is 4.39 Å². The van der Waals surface area contributed by atoms with Crippen LogP contribution in [0.1, 0.15) is 11.6 Å². The summed E-state index contributed by atoms with van der Waals surface area (Å²) in [6.07, 6.45) is 1.51. The summed E-state index contributed by atoms with van der Waals surface area (Å²) >= 11 is 0. The van der Waals surface area contributed by atoms with Gasteiger partial charge in [0.15, 0.2) is 0 Å². The molecule has 3 heterocycles. The summed E-state index contributed by atoms with van der Waals surface area (Å²) in [4.78, 5) is 15.6. The van der Waals surface area contributed by atoms with Crippen LogP contribution in [0.15, 0.2) is 23.1 Å². The monoisotopic (exact) mass is 220 g/mol. The number of hydrogen-bond acceptors (Lipinski definition) is 3. The number of nitrogens with zero attached hydrogens (tertiary/aromatic N) is 2. The number of rotatable bonds is 1. The molecule has 1 unspecified atom stereocenters. The lowest BCUT2D eigenvalue weighted by molar-refractivity contribution is 0.233. The lowest BCUT2D eigenvalue weighted by Crippen LogP contribution is -2.23. The van der Waals surface area contributed by atoms with Crippen molar-refractivity contribution in [3.05, 3.63) is 40.1 Å². The average molecular weight is 220 g/mol. The molecular formula is C11H9FN2O2. The Morgan fingerprint density at radius 1 is 1.56 bits per heavy atom. The van der Waals surface area contributed by atoms with E-state index in [1.165, 1.54) is 10.6 Å². The molecule has 1 atom stereocenters. The fourth-order valence-electron chi connectivity index (χ4n) is 2.29. The largest absolute Gasteiger partial charge is 0.394 e. The molecule has 0 radical (unpaired) electrons. The van der Waals surface area contributed by atoms with Gasteiger partial charge in [0.25, 0.3) is 5.56 Å². The maximum absolute atomic E-state index is 13.5. The zero-order chi connectivity index (χ0) is 11.3. The van der Waals surface area contributed by atoms with Crippen LogP contribution in [-0.4, -0.2) is 21.3 Å². The van der Waals surface area contributed by atoms with E-state index in [4.69, 9.17) is 0 Å². The van der Waals surface area contributed by atoms with Crippen LogP contribution in [0, 0.1) is 5.82 Å². The lowest BCUT2D eigenvalue weighted by atomic mass is 10.1. The second-order valence-corrected chi connectivity index (χ2v) is 3.90. The zero-order valence-corrected chi connectivity index (χ0v) is 8.35. The summed E-state index contributed by atoms with van der Waals surface area (Å²) < 4.78 is 15.0. The molecule has 0 aromatic carbocycles. The third-order valence-corrected chi connectivity index (χ3v) is 3.01.